The highest BCUT2D eigenvalue weighted by molar-refractivity contribution is 6.01. The van der Waals surface area contributed by atoms with Crippen molar-refractivity contribution in [2.75, 3.05) is 13.1 Å². The van der Waals surface area contributed by atoms with Crippen molar-refractivity contribution in [3.63, 3.8) is 0 Å². The van der Waals surface area contributed by atoms with Crippen LogP contribution in [0, 0.1) is 16.7 Å². The van der Waals surface area contributed by atoms with Crippen molar-refractivity contribution in [3.05, 3.63) is 0 Å². The zero-order chi connectivity index (χ0) is 13.4. The van der Waals surface area contributed by atoms with E-state index in [9.17, 15) is 9.59 Å². The molecule has 1 saturated heterocycles. The average Bonchev–Trinajstić information content (AvgIpc) is 2.63. The normalized spacial score (nSPS) is 21.7. The van der Waals surface area contributed by atoms with Gasteiger partial charge in [-0.1, -0.05) is 20.8 Å². The number of rotatable bonds is 2. The van der Waals surface area contributed by atoms with Gasteiger partial charge in [-0.05, 0) is 31.6 Å². The van der Waals surface area contributed by atoms with Crippen LogP contribution < -0.4 is 0 Å². The molecule has 0 aromatic carbocycles. The highest BCUT2D eigenvalue weighted by Gasteiger charge is 2.43. The van der Waals surface area contributed by atoms with E-state index in [-0.39, 0.29) is 11.3 Å². The predicted octanol–water partition coefficient (Wildman–Crippen LogP) is 1.99. The van der Waals surface area contributed by atoms with Gasteiger partial charge in [0.2, 0.25) is 5.91 Å². The Hall–Kier alpha value is -1.06. The molecule has 0 aliphatic carbocycles. The Morgan fingerprint density at radius 1 is 1.18 bits per heavy atom. The van der Waals surface area contributed by atoms with Crippen LogP contribution in [0.5, 0.6) is 0 Å². The molecule has 0 spiro atoms. The number of carboxylic acid groups (broad SMARTS) is 1. The lowest BCUT2D eigenvalue weighted by atomic mass is 9.80. The lowest BCUT2D eigenvalue weighted by Crippen LogP contribution is -2.44. The molecule has 1 atom stereocenters. The van der Waals surface area contributed by atoms with Crippen LogP contribution in [0.25, 0.3) is 0 Å². The summed E-state index contributed by atoms with van der Waals surface area (Å²) in [6.45, 7) is 10.8. The van der Waals surface area contributed by atoms with E-state index in [1.165, 1.54) is 13.8 Å². The van der Waals surface area contributed by atoms with Crippen molar-refractivity contribution in [3.8, 4) is 0 Å². The van der Waals surface area contributed by atoms with Gasteiger partial charge in [-0.15, -0.1) is 0 Å². The SMILES string of the molecule is CC(C)(C(=O)O)C(=O)N1CCC(C(C)(C)C)C1. The van der Waals surface area contributed by atoms with Gasteiger partial charge < -0.3 is 10.0 Å². The molecular formula is C13H23NO3. The van der Waals surface area contributed by atoms with Crippen molar-refractivity contribution in [2.45, 2.75) is 41.0 Å². The first-order valence-corrected chi connectivity index (χ1v) is 6.09. The summed E-state index contributed by atoms with van der Waals surface area (Å²) in [5.74, 6) is -0.866. The predicted molar refractivity (Wildman–Crippen MR) is 65.6 cm³/mol. The smallest absolute Gasteiger partial charge is 0.318 e. The Bertz CT molecular complexity index is 328. The minimum Gasteiger partial charge on any atom is -0.480 e. The molecule has 0 saturated carbocycles. The maximum atomic E-state index is 12.1. The molecule has 1 aliphatic heterocycles. The van der Waals surface area contributed by atoms with Crippen LogP contribution in [0.15, 0.2) is 0 Å². The molecule has 1 rings (SSSR count). The summed E-state index contributed by atoms with van der Waals surface area (Å²) in [6, 6.07) is 0. The number of nitrogens with zero attached hydrogens (tertiary/aromatic N) is 1. The third kappa shape index (κ3) is 2.79. The van der Waals surface area contributed by atoms with Crippen LogP contribution in [0.3, 0.4) is 0 Å². The second kappa shape index (κ2) is 4.31. The number of carboxylic acids is 1. The average molecular weight is 241 g/mol. The molecule has 0 bridgehead atoms. The lowest BCUT2D eigenvalue weighted by molar-refractivity contribution is -0.157. The monoisotopic (exact) mass is 241 g/mol. The molecule has 0 aromatic heterocycles. The van der Waals surface area contributed by atoms with Crippen LogP contribution in [0.4, 0.5) is 0 Å². The Balaban J connectivity index is 2.73. The van der Waals surface area contributed by atoms with Crippen LogP contribution in [0.2, 0.25) is 0 Å². The highest BCUT2D eigenvalue weighted by atomic mass is 16.4. The number of aliphatic carboxylic acids is 1. The van der Waals surface area contributed by atoms with Crippen molar-refractivity contribution in [2.24, 2.45) is 16.7 Å². The van der Waals surface area contributed by atoms with E-state index in [4.69, 9.17) is 5.11 Å². The van der Waals surface area contributed by atoms with Crippen molar-refractivity contribution in [1.82, 2.24) is 4.90 Å². The number of carbonyl (C=O) groups excluding carboxylic acids is 1. The third-order valence-corrected chi connectivity index (χ3v) is 3.77. The maximum absolute atomic E-state index is 12.1. The van der Waals surface area contributed by atoms with Gasteiger partial charge >= 0.3 is 5.97 Å². The first-order chi connectivity index (χ1) is 7.56. The van der Waals surface area contributed by atoms with Gasteiger partial charge in [-0.2, -0.15) is 0 Å². The fourth-order valence-corrected chi connectivity index (χ4v) is 2.14. The first-order valence-electron chi connectivity index (χ1n) is 6.09. The summed E-state index contributed by atoms with van der Waals surface area (Å²) in [5.41, 5.74) is -1.14. The molecule has 98 valence electrons. The number of hydrogen-bond acceptors (Lipinski definition) is 2. The number of hydrogen-bond donors (Lipinski definition) is 1. The number of amides is 1. The molecule has 1 heterocycles. The Morgan fingerprint density at radius 2 is 1.71 bits per heavy atom. The van der Waals surface area contributed by atoms with Gasteiger partial charge in [0.05, 0.1) is 0 Å². The largest absolute Gasteiger partial charge is 0.480 e. The molecule has 1 aliphatic rings. The van der Waals surface area contributed by atoms with Gasteiger partial charge in [-0.3, -0.25) is 9.59 Å². The van der Waals surface area contributed by atoms with Gasteiger partial charge in [0.25, 0.3) is 0 Å². The second-order valence-corrected chi connectivity index (χ2v) is 6.53. The van der Waals surface area contributed by atoms with Crippen LogP contribution in [0.1, 0.15) is 41.0 Å². The summed E-state index contributed by atoms with van der Waals surface area (Å²) in [5, 5.41) is 9.05. The summed E-state index contributed by atoms with van der Waals surface area (Å²) < 4.78 is 0. The topological polar surface area (TPSA) is 57.6 Å². The van der Waals surface area contributed by atoms with E-state index in [0.717, 1.165) is 6.42 Å². The quantitative estimate of drug-likeness (QED) is 0.752. The standard InChI is InChI=1S/C13H23NO3/c1-12(2,3)9-6-7-14(8-9)10(15)13(4,5)11(16)17/h9H,6-8H2,1-5H3,(H,16,17). The van der Waals surface area contributed by atoms with E-state index in [1.54, 1.807) is 4.90 Å². The third-order valence-electron chi connectivity index (χ3n) is 3.77. The fourth-order valence-electron chi connectivity index (χ4n) is 2.14. The van der Waals surface area contributed by atoms with E-state index >= 15 is 0 Å². The fraction of sp³-hybridized carbons (Fsp3) is 0.846. The first kappa shape index (κ1) is 14.0. The summed E-state index contributed by atoms with van der Waals surface area (Å²) in [6.07, 6.45) is 0.963. The van der Waals surface area contributed by atoms with E-state index in [0.29, 0.717) is 19.0 Å². The summed E-state index contributed by atoms with van der Waals surface area (Å²) >= 11 is 0. The lowest BCUT2D eigenvalue weighted by Gasteiger charge is -2.29. The number of likely N-dealkylation sites (tertiary alicyclic amines) is 1. The van der Waals surface area contributed by atoms with Crippen molar-refractivity contribution < 1.29 is 14.7 Å². The van der Waals surface area contributed by atoms with Crippen LogP contribution >= 0.6 is 0 Å². The summed E-state index contributed by atoms with van der Waals surface area (Å²) in [7, 11) is 0. The molecule has 4 nitrogen and oxygen atoms in total. The van der Waals surface area contributed by atoms with Gasteiger partial charge in [0.1, 0.15) is 5.41 Å². The van der Waals surface area contributed by atoms with E-state index in [2.05, 4.69) is 20.8 Å². The zero-order valence-corrected chi connectivity index (χ0v) is 11.4. The molecule has 1 amide bonds. The van der Waals surface area contributed by atoms with Crippen molar-refractivity contribution in [1.29, 1.82) is 0 Å². The molecule has 1 N–H and O–H groups in total. The van der Waals surface area contributed by atoms with E-state index in [1.807, 2.05) is 0 Å². The van der Waals surface area contributed by atoms with Crippen LogP contribution in [-0.4, -0.2) is 35.0 Å². The minimum atomic E-state index is -1.31. The molecule has 1 fully saturated rings. The summed E-state index contributed by atoms with van der Waals surface area (Å²) in [4.78, 5) is 24.9. The molecule has 0 aromatic rings. The Morgan fingerprint density at radius 3 is 2.06 bits per heavy atom. The van der Waals surface area contributed by atoms with Gasteiger partial charge in [0.15, 0.2) is 0 Å². The second-order valence-electron chi connectivity index (χ2n) is 6.53. The minimum absolute atomic E-state index is 0.169. The zero-order valence-electron chi connectivity index (χ0n) is 11.4. The van der Waals surface area contributed by atoms with Gasteiger partial charge in [0, 0.05) is 13.1 Å². The van der Waals surface area contributed by atoms with Crippen molar-refractivity contribution >= 4 is 11.9 Å². The molecule has 1 unspecified atom stereocenters. The molecule has 0 radical (unpaired) electrons. The Labute approximate surface area is 103 Å². The van der Waals surface area contributed by atoms with Gasteiger partial charge in [-0.25, -0.2) is 0 Å². The maximum Gasteiger partial charge on any atom is 0.318 e. The highest BCUT2D eigenvalue weighted by Crippen LogP contribution is 2.35. The molecule has 17 heavy (non-hydrogen) atoms. The number of carbonyl (C=O) groups is 2. The Kier molecular flexibility index (Phi) is 3.55. The molecular weight excluding hydrogens is 218 g/mol. The molecule has 4 heteroatoms. The van der Waals surface area contributed by atoms with Crippen LogP contribution in [-0.2, 0) is 9.59 Å². The van der Waals surface area contributed by atoms with E-state index < -0.39 is 11.4 Å².